The molecule has 21 heavy (non-hydrogen) atoms. The number of aliphatic imine (C=N–C) groups is 1. The van der Waals surface area contributed by atoms with Crippen LogP contribution in [0.15, 0.2) is 17.3 Å². The van der Waals surface area contributed by atoms with E-state index < -0.39 is 5.72 Å². The van der Waals surface area contributed by atoms with Crippen LogP contribution in [0.25, 0.3) is 0 Å². The fourth-order valence-electron chi connectivity index (χ4n) is 3.57. The first kappa shape index (κ1) is 14.9. The van der Waals surface area contributed by atoms with Gasteiger partial charge in [-0.05, 0) is 31.3 Å². The Morgan fingerprint density at radius 3 is 2.86 bits per heavy atom. The summed E-state index contributed by atoms with van der Waals surface area (Å²) in [5.41, 5.74) is 5.34. The van der Waals surface area contributed by atoms with Crippen molar-refractivity contribution in [3.05, 3.63) is 12.3 Å². The summed E-state index contributed by atoms with van der Waals surface area (Å²) < 4.78 is 11.8. The normalized spacial score (nSPS) is 39.9. The molecule has 0 aromatic heterocycles. The van der Waals surface area contributed by atoms with Gasteiger partial charge in [0.15, 0.2) is 11.7 Å². The van der Waals surface area contributed by atoms with Crippen molar-refractivity contribution in [2.45, 2.75) is 44.8 Å². The highest BCUT2D eigenvalue weighted by Crippen LogP contribution is 2.40. The van der Waals surface area contributed by atoms with Crippen molar-refractivity contribution < 1.29 is 9.47 Å². The maximum Gasteiger partial charge on any atom is 0.195 e. The van der Waals surface area contributed by atoms with Crippen LogP contribution >= 0.6 is 0 Å². The van der Waals surface area contributed by atoms with Gasteiger partial charge in [-0.15, -0.1) is 0 Å². The molecule has 0 aromatic rings. The Bertz CT molecular complexity index is 410. The second kappa shape index (κ2) is 6.36. The lowest BCUT2D eigenvalue weighted by Gasteiger charge is -2.40. The second-order valence-electron chi connectivity index (χ2n) is 6.72. The molecule has 5 heteroatoms. The largest absolute Gasteiger partial charge is 0.381 e. The van der Waals surface area contributed by atoms with E-state index in [1.54, 1.807) is 0 Å². The third kappa shape index (κ3) is 3.40. The minimum Gasteiger partial charge on any atom is -0.381 e. The van der Waals surface area contributed by atoms with Gasteiger partial charge in [0.1, 0.15) is 0 Å². The lowest BCUT2D eigenvalue weighted by atomic mass is 9.77. The van der Waals surface area contributed by atoms with Crippen molar-refractivity contribution in [3.8, 4) is 0 Å². The van der Waals surface area contributed by atoms with Crippen LogP contribution in [0.5, 0.6) is 0 Å². The van der Waals surface area contributed by atoms with Gasteiger partial charge in [-0.3, -0.25) is 0 Å². The van der Waals surface area contributed by atoms with Crippen LogP contribution in [0.2, 0.25) is 0 Å². The molecule has 1 aliphatic carbocycles. The van der Waals surface area contributed by atoms with E-state index in [1.165, 1.54) is 12.8 Å². The summed E-state index contributed by atoms with van der Waals surface area (Å²) in [7, 11) is 0. The van der Waals surface area contributed by atoms with E-state index in [1.807, 2.05) is 6.20 Å². The van der Waals surface area contributed by atoms with E-state index in [4.69, 9.17) is 15.2 Å². The Balaban J connectivity index is 1.71. The highest BCUT2D eigenvalue weighted by molar-refractivity contribution is 5.80. The van der Waals surface area contributed by atoms with Crippen LogP contribution < -0.4 is 11.1 Å². The van der Waals surface area contributed by atoms with E-state index in [0.29, 0.717) is 24.4 Å². The Kier molecular flexibility index (Phi) is 4.50. The zero-order valence-electron chi connectivity index (χ0n) is 12.9. The predicted octanol–water partition coefficient (Wildman–Crippen LogP) is 1.99. The molecule has 2 aliphatic heterocycles. The Labute approximate surface area is 127 Å². The molecule has 2 fully saturated rings. The summed E-state index contributed by atoms with van der Waals surface area (Å²) in [6, 6.07) is 0. The molecule has 0 amide bonds. The van der Waals surface area contributed by atoms with Crippen LogP contribution in [-0.2, 0) is 9.47 Å². The van der Waals surface area contributed by atoms with Gasteiger partial charge in [0.2, 0.25) is 0 Å². The number of rotatable bonds is 4. The van der Waals surface area contributed by atoms with Gasteiger partial charge < -0.3 is 20.5 Å². The maximum atomic E-state index is 6.33. The van der Waals surface area contributed by atoms with Crippen LogP contribution in [0.4, 0.5) is 0 Å². The molecule has 2 heterocycles. The van der Waals surface area contributed by atoms with Gasteiger partial charge in [-0.2, -0.15) is 0 Å². The van der Waals surface area contributed by atoms with E-state index in [9.17, 15) is 0 Å². The zero-order valence-corrected chi connectivity index (χ0v) is 12.9. The van der Waals surface area contributed by atoms with Crippen molar-refractivity contribution in [1.82, 2.24) is 5.32 Å². The third-order valence-electron chi connectivity index (χ3n) is 5.02. The van der Waals surface area contributed by atoms with Crippen molar-refractivity contribution in [2.24, 2.45) is 28.5 Å². The number of ether oxygens (including phenoxy) is 2. The van der Waals surface area contributed by atoms with Crippen LogP contribution in [0, 0.1) is 17.8 Å². The molecule has 1 saturated heterocycles. The molecule has 1 unspecified atom stereocenters. The van der Waals surface area contributed by atoms with Gasteiger partial charge in [-0.1, -0.05) is 19.8 Å². The quantitative estimate of drug-likeness (QED) is 0.832. The van der Waals surface area contributed by atoms with Gasteiger partial charge in [0.25, 0.3) is 0 Å². The number of nitrogens with two attached hydrogens (primary N) is 1. The van der Waals surface area contributed by atoms with Crippen molar-refractivity contribution in [3.63, 3.8) is 0 Å². The molecule has 0 bridgehead atoms. The number of hydrogen-bond acceptors (Lipinski definition) is 5. The molecular weight excluding hydrogens is 266 g/mol. The maximum absolute atomic E-state index is 6.33. The molecule has 3 N–H and O–H groups in total. The topological polar surface area (TPSA) is 68.9 Å². The minimum absolute atomic E-state index is 0.424. The smallest absolute Gasteiger partial charge is 0.195 e. The first-order chi connectivity index (χ1) is 10.2. The molecule has 1 saturated carbocycles. The van der Waals surface area contributed by atoms with Crippen LogP contribution in [0.3, 0.4) is 0 Å². The third-order valence-corrected chi connectivity index (χ3v) is 5.02. The Morgan fingerprint density at radius 1 is 1.38 bits per heavy atom. The first-order valence-electron chi connectivity index (χ1n) is 8.19. The number of hydrogen-bond donors (Lipinski definition) is 2. The van der Waals surface area contributed by atoms with Crippen LogP contribution in [-0.4, -0.2) is 31.5 Å². The Morgan fingerprint density at radius 2 is 2.19 bits per heavy atom. The zero-order chi connectivity index (χ0) is 14.7. The van der Waals surface area contributed by atoms with E-state index >= 15 is 0 Å². The van der Waals surface area contributed by atoms with Crippen molar-refractivity contribution in [2.75, 3.05) is 19.8 Å². The molecule has 0 aromatic carbocycles. The van der Waals surface area contributed by atoms with E-state index in [2.05, 4.69) is 23.3 Å². The molecule has 3 aliphatic rings. The van der Waals surface area contributed by atoms with Crippen LogP contribution in [0.1, 0.15) is 39.0 Å². The minimum atomic E-state index is -0.571. The summed E-state index contributed by atoms with van der Waals surface area (Å²) in [5.74, 6) is 2.18. The Hall–Kier alpha value is -1.07. The van der Waals surface area contributed by atoms with Gasteiger partial charge in [0, 0.05) is 24.6 Å². The lowest BCUT2D eigenvalue weighted by Crippen LogP contribution is -2.46. The molecule has 0 spiro atoms. The molecule has 3 rings (SSSR count). The summed E-state index contributed by atoms with van der Waals surface area (Å²) >= 11 is 0. The van der Waals surface area contributed by atoms with Crippen molar-refractivity contribution >= 4 is 5.96 Å². The van der Waals surface area contributed by atoms with Gasteiger partial charge >= 0.3 is 0 Å². The van der Waals surface area contributed by atoms with Gasteiger partial charge in [-0.25, -0.2) is 4.99 Å². The second-order valence-corrected chi connectivity index (χ2v) is 6.72. The predicted molar refractivity (Wildman–Crippen MR) is 82.6 cm³/mol. The van der Waals surface area contributed by atoms with Crippen molar-refractivity contribution in [1.29, 1.82) is 0 Å². The molecule has 118 valence electrons. The fraction of sp³-hybridized carbons (Fsp3) is 0.812. The summed E-state index contributed by atoms with van der Waals surface area (Å²) in [4.78, 5) is 4.66. The van der Waals surface area contributed by atoms with E-state index in [0.717, 1.165) is 38.4 Å². The van der Waals surface area contributed by atoms with Gasteiger partial charge in [0.05, 0.1) is 13.2 Å². The number of nitrogens with one attached hydrogen (secondary N) is 1. The SMILES string of the molecule is CC1CCC(C2(OC[C@@H]3CCOC3)C=CNC(N)=N2)CC1. The average molecular weight is 293 g/mol. The standard InChI is InChI=1S/C16H27N3O2/c1-12-2-4-14(5-3-12)16(7-8-18-15(17)19-16)21-11-13-6-9-20-10-13/h7-8,12-14H,2-6,9-11H2,1H3,(H3,17,18,19)/t12?,13-,14?,16?/m1/s1. The molecule has 2 atom stereocenters. The molecular formula is C16H27N3O2. The number of guanidine groups is 1. The fourth-order valence-corrected chi connectivity index (χ4v) is 3.57. The first-order valence-corrected chi connectivity index (χ1v) is 8.19. The highest BCUT2D eigenvalue weighted by Gasteiger charge is 2.41. The average Bonchev–Trinajstić information content (AvgIpc) is 2.99. The molecule has 5 nitrogen and oxygen atoms in total. The summed E-state index contributed by atoms with van der Waals surface area (Å²) in [6.45, 7) is 4.69. The van der Waals surface area contributed by atoms with E-state index in [-0.39, 0.29) is 0 Å². The summed E-state index contributed by atoms with van der Waals surface area (Å²) in [6.07, 6.45) is 9.83. The number of nitrogens with zero attached hydrogens (tertiary/aromatic N) is 1. The monoisotopic (exact) mass is 293 g/mol. The highest BCUT2D eigenvalue weighted by atomic mass is 16.5. The summed E-state index contributed by atoms with van der Waals surface area (Å²) in [5, 5.41) is 2.96. The lowest BCUT2D eigenvalue weighted by molar-refractivity contribution is -0.0728. The molecule has 0 radical (unpaired) electrons.